The average Bonchev–Trinajstić information content (AvgIpc) is 3.18. The molecule has 0 saturated heterocycles. The molecule has 0 saturated carbocycles. The quantitative estimate of drug-likeness (QED) is 0.536. The van der Waals surface area contributed by atoms with Crippen LogP contribution in [0.4, 0.5) is 13.2 Å². The number of alkyl halides is 3. The number of carbonyl (C=O) groups is 1. The Kier molecular flexibility index (Phi) is 5.57. The first-order valence-corrected chi connectivity index (χ1v) is 9.72. The van der Waals surface area contributed by atoms with Gasteiger partial charge in [0.2, 0.25) is 5.78 Å². The number of nitrogens with zero attached hydrogens (tertiary/aromatic N) is 1. The molecule has 0 atom stereocenters. The van der Waals surface area contributed by atoms with Crippen LogP contribution in [0.3, 0.4) is 0 Å². The fraction of sp³-hybridized carbons (Fsp3) is 0.158. The van der Waals surface area contributed by atoms with Crippen molar-refractivity contribution in [1.82, 2.24) is 5.16 Å². The van der Waals surface area contributed by atoms with E-state index in [1.54, 1.807) is 0 Å². The van der Waals surface area contributed by atoms with E-state index in [1.165, 1.54) is 62.8 Å². The summed E-state index contributed by atoms with van der Waals surface area (Å²) < 4.78 is 79.4. The summed E-state index contributed by atoms with van der Waals surface area (Å²) in [6.07, 6.45) is 0. The summed E-state index contributed by atoms with van der Waals surface area (Å²) in [7, 11) is -3.18. The third-order valence-corrected chi connectivity index (χ3v) is 5.67. The fourth-order valence-electron chi connectivity index (χ4n) is 2.60. The van der Waals surface area contributed by atoms with Crippen molar-refractivity contribution < 1.29 is 40.4 Å². The highest BCUT2D eigenvalue weighted by molar-refractivity contribution is 7.92. The lowest BCUT2D eigenvalue weighted by molar-refractivity contribution is -0.0436. The van der Waals surface area contributed by atoms with Crippen molar-refractivity contribution in [3.8, 4) is 22.8 Å². The third-order valence-electron chi connectivity index (χ3n) is 4.14. The summed E-state index contributed by atoms with van der Waals surface area (Å²) in [5, 5.41) is 3.37. The average molecular weight is 441 g/mol. The van der Waals surface area contributed by atoms with Crippen LogP contribution in [0.5, 0.6) is 11.5 Å². The summed E-state index contributed by atoms with van der Waals surface area (Å²) in [6, 6.07) is 10.7. The number of aromatic nitrogens is 1. The van der Waals surface area contributed by atoms with Gasteiger partial charge in [0.25, 0.3) is 9.84 Å². The van der Waals surface area contributed by atoms with E-state index in [2.05, 4.69) is 5.16 Å². The first-order chi connectivity index (χ1) is 14.1. The van der Waals surface area contributed by atoms with E-state index in [9.17, 15) is 26.4 Å². The van der Waals surface area contributed by atoms with Crippen LogP contribution in [-0.2, 0) is 9.84 Å². The summed E-state index contributed by atoms with van der Waals surface area (Å²) in [5.74, 6) is -0.974. The highest BCUT2D eigenvalue weighted by Gasteiger charge is 2.52. The van der Waals surface area contributed by atoms with E-state index in [4.69, 9.17) is 14.0 Å². The second-order valence-corrected chi connectivity index (χ2v) is 7.80. The number of sulfone groups is 1. The largest absolute Gasteiger partial charge is 0.502 e. The SMILES string of the molecule is COc1ccc(C(=O)c2noc(-c3ccc(OC)cc3)c2S(=O)(=O)C(F)(F)F)cc1. The van der Waals surface area contributed by atoms with Gasteiger partial charge in [0, 0.05) is 11.1 Å². The Morgan fingerprint density at radius 3 is 1.90 bits per heavy atom. The van der Waals surface area contributed by atoms with Crippen LogP contribution >= 0.6 is 0 Å². The lowest BCUT2D eigenvalue weighted by Gasteiger charge is -2.09. The minimum Gasteiger partial charge on any atom is -0.497 e. The molecule has 0 amide bonds. The number of methoxy groups -OCH3 is 2. The Bertz CT molecular complexity index is 1170. The van der Waals surface area contributed by atoms with Crippen LogP contribution in [0.15, 0.2) is 57.9 Å². The van der Waals surface area contributed by atoms with Gasteiger partial charge in [-0.05, 0) is 48.5 Å². The summed E-state index contributed by atoms with van der Waals surface area (Å²) in [4.78, 5) is 11.4. The highest BCUT2D eigenvalue weighted by atomic mass is 32.2. The number of halogens is 3. The van der Waals surface area contributed by atoms with Gasteiger partial charge in [-0.2, -0.15) is 13.2 Å². The molecule has 1 aromatic heterocycles. The van der Waals surface area contributed by atoms with Crippen molar-refractivity contribution in [3.05, 3.63) is 59.8 Å². The first-order valence-electron chi connectivity index (χ1n) is 8.24. The minimum absolute atomic E-state index is 0.0279. The number of ether oxygens (including phenoxy) is 2. The van der Waals surface area contributed by atoms with Gasteiger partial charge in [-0.15, -0.1) is 0 Å². The molecular formula is C19H14F3NO6S. The standard InChI is InChI=1S/C19H14F3NO6S/c1-27-13-7-3-11(4-8-13)16(24)15-18(30(25,26)19(20,21)22)17(29-23-15)12-5-9-14(28-2)10-6-12/h3-10H,1-2H3. The molecule has 1 heterocycles. The second-order valence-electron chi connectivity index (χ2n) is 5.92. The van der Waals surface area contributed by atoms with Crippen molar-refractivity contribution in [3.63, 3.8) is 0 Å². The smallest absolute Gasteiger partial charge is 0.497 e. The van der Waals surface area contributed by atoms with E-state index >= 15 is 0 Å². The van der Waals surface area contributed by atoms with Gasteiger partial charge < -0.3 is 14.0 Å². The van der Waals surface area contributed by atoms with E-state index in [-0.39, 0.29) is 11.1 Å². The van der Waals surface area contributed by atoms with Crippen LogP contribution in [0.1, 0.15) is 16.1 Å². The van der Waals surface area contributed by atoms with Gasteiger partial charge in [0.1, 0.15) is 11.5 Å². The van der Waals surface area contributed by atoms with Crippen LogP contribution in [0.25, 0.3) is 11.3 Å². The zero-order valence-corrected chi connectivity index (χ0v) is 16.4. The predicted octanol–water partition coefficient (Wildman–Crippen LogP) is 3.88. The molecule has 3 rings (SSSR count). The second kappa shape index (κ2) is 7.82. The molecule has 0 N–H and O–H groups in total. The van der Waals surface area contributed by atoms with E-state index in [0.29, 0.717) is 11.5 Å². The molecule has 30 heavy (non-hydrogen) atoms. The molecule has 0 unspecified atom stereocenters. The zero-order chi connectivity index (χ0) is 22.1. The molecule has 0 radical (unpaired) electrons. The molecule has 7 nitrogen and oxygen atoms in total. The summed E-state index contributed by atoms with van der Waals surface area (Å²) in [5.41, 5.74) is -6.76. The van der Waals surface area contributed by atoms with Gasteiger partial charge in [0.15, 0.2) is 16.3 Å². The van der Waals surface area contributed by atoms with Gasteiger partial charge in [-0.25, -0.2) is 8.42 Å². The van der Waals surface area contributed by atoms with Crippen molar-refractivity contribution in [2.45, 2.75) is 10.4 Å². The maximum atomic E-state index is 13.4. The van der Waals surface area contributed by atoms with Crippen LogP contribution in [-0.4, -0.2) is 39.1 Å². The molecule has 0 spiro atoms. The molecular weight excluding hydrogens is 427 g/mol. The Morgan fingerprint density at radius 1 is 0.933 bits per heavy atom. The molecule has 0 aliphatic rings. The molecule has 158 valence electrons. The summed E-state index contributed by atoms with van der Waals surface area (Å²) >= 11 is 0. The molecule has 0 bridgehead atoms. The molecule has 0 fully saturated rings. The third kappa shape index (κ3) is 3.75. The maximum absolute atomic E-state index is 13.4. The monoisotopic (exact) mass is 441 g/mol. The Labute approximate surface area is 168 Å². The lowest BCUT2D eigenvalue weighted by Crippen LogP contribution is -2.25. The maximum Gasteiger partial charge on any atom is 0.502 e. The van der Waals surface area contributed by atoms with Gasteiger partial charge in [-0.3, -0.25) is 4.79 Å². The van der Waals surface area contributed by atoms with Crippen molar-refractivity contribution in [2.24, 2.45) is 0 Å². The van der Waals surface area contributed by atoms with Gasteiger partial charge in [0.05, 0.1) is 14.2 Å². The van der Waals surface area contributed by atoms with Crippen LogP contribution < -0.4 is 9.47 Å². The number of benzene rings is 2. The molecule has 11 heteroatoms. The number of rotatable bonds is 6. The van der Waals surface area contributed by atoms with E-state index < -0.39 is 37.5 Å². The van der Waals surface area contributed by atoms with Crippen LogP contribution in [0.2, 0.25) is 0 Å². The van der Waals surface area contributed by atoms with Crippen LogP contribution in [0, 0.1) is 0 Å². The summed E-state index contributed by atoms with van der Waals surface area (Å²) in [6.45, 7) is 0. The first kappa shape index (κ1) is 21.4. The molecule has 3 aromatic rings. The fourth-order valence-corrected chi connectivity index (χ4v) is 3.61. The Morgan fingerprint density at radius 2 is 1.43 bits per heavy atom. The number of ketones is 1. The Hall–Kier alpha value is -3.34. The van der Waals surface area contributed by atoms with Gasteiger partial charge >= 0.3 is 5.51 Å². The topological polar surface area (TPSA) is 95.7 Å². The van der Waals surface area contributed by atoms with Crippen molar-refractivity contribution >= 4 is 15.6 Å². The molecule has 2 aromatic carbocycles. The van der Waals surface area contributed by atoms with Gasteiger partial charge in [-0.1, -0.05) is 5.16 Å². The normalized spacial score (nSPS) is 11.9. The number of hydrogen-bond acceptors (Lipinski definition) is 7. The van der Waals surface area contributed by atoms with Crippen molar-refractivity contribution in [2.75, 3.05) is 14.2 Å². The predicted molar refractivity (Wildman–Crippen MR) is 98.2 cm³/mol. The zero-order valence-electron chi connectivity index (χ0n) is 15.6. The van der Waals surface area contributed by atoms with Crippen molar-refractivity contribution in [1.29, 1.82) is 0 Å². The highest BCUT2D eigenvalue weighted by Crippen LogP contribution is 2.39. The number of hydrogen-bond donors (Lipinski definition) is 0. The molecule has 0 aliphatic heterocycles. The van der Waals surface area contributed by atoms with E-state index in [0.717, 1.165) is 0 Å². The number of carbonyl (C=O) groups excluding carboxylic acids is 1. The Balaban J connectivity index is 2.20. The molecule has 0 aliphatic carbocycles. The van der Waals surface area contributed by atoms with E-state index in [1.807, 2.05) is 0 Å². The minimum atomic E-state index is -5.96. The lowest BCUT2D eigenvalue weighted by atomic mass is 10.1.